The number of hydrogen-bond acceptors (Lipinski definition) is 4. The molecule has 0 aliphatic heterocycles. The molecule has 0 saturated heterocycles. The lowest BCUT2D eigenvalue weighted by Gasteiger charge is -2.05. The summed E-state index contributed by atoms with van der Waals surface area (Å²) in [6.45, 7) is 0. The van der Waals surface area contributed by atoms with Crippen molar-refractivity contribution in [3.63, 3.8) is 0 Å². The summed E-state index contributed by atoms with van der Waals surface area (Å²) in [7, 11) is 3.58. The normalized spacial score (nSPS) is 13.1. The molecular weight excluding hydrogens is 182 g/mol. The molecule has 2 aromatic rings. The molecule has 14 heavy (non-hydrogen) atoms. The van der Waals surface area contributed by atoms with Gasteiger partial charge in [-0.1, -0.05) is 0 Å². The zero-order chi connectivity index (χ0) is 10.1. The van der Waals surface area contributed by atoms with Gasteiger partial charge < -0.3 is 9.67 Å². The van der Waals surface area contributed by atoms with Crippen molar-refractivity contribution >= 4 is 0 Å². The van der Waals surface area contributed by atoms with Crippen molar-refractivity contribution in [3.8, 4) is 0 Å². The van der Waals surface area contributed by atoms with E-state index in [-0.39, 0.29) is 0 Å². The summed E-state index contributed by atoms with van der Waals surface area (Å²) in [4.78, 5) is 0. The maximum Gasteiger partial charge on any atom is 0.167 e. The summed E-state index contributed by atoms with van der Waals surface area (Å²) in [6.07, 6.45) is 2.50. The molecule has 0 radical (unpaired) electrons. The number of aliphatic hydroxyl groups is 1. The van der Waals surface area contributed by atoms with Gasteiger partial charge in [0.15, 0.2) is 11.9 Å². The zero-order valence-electron chi connectivity index (χ0n) is 7.99. The summed E-state index contributed by atoms with van der Waals surface area (Å²) in [6, 6.07) is 1.75. The first-order valence-corrected chi connectivity index (χ1v) is 4.20. The van der Waals surface area contributed by atoms with Gasteiger partial charge in [0.05, 0.1) is 5.69 Å². The number of nitrogens with zero attached hydrogens (tertiary/aromatic N) is 5. The van der Waals surface area contributed by atoms with E-state index in [0.29, 0.717) is 11.5 Å². The Bertz CT molecular complexity index is 432. The first kappa shape index (κ1) is 8.89. The van der Waals surface area contributed by atoms with E-state index in [9.17, 15) is 5.11 Å². The van der Waals surface area contributed by atoms with Crippen LogP contribution in [0.5, 0.6) is 0 Å². The van der Waals surface area contributed by atoms with Gasteiger partial charge in [0.2, 0.25) is 0 Å². The van der Waals surface area contributed by atoms with E-state index in [1.165, 1.54) is 0 Å². The van der Waals surface area contributed by atoms with E-state index in [4.69, 9.17) is 0 Å². The van der Waals surface area contributed by atoms with Gasteiger partial charge in [-0.3, -0.25) is 4.68 Å². The van der Waals surface area contributed by atoms with Crippen LogP contribution < -0.4 is 0 Å². The minimum absolute atomic E-state index is 0.490. The van der Waals surface area contributed by atoms with Crippen LogP contribution in [-0.4, -0.2) is 29.7 Å². The zero-order valence-corrected chi connectivity index (χ0v) is 7.99. The molecule has 74 valence electrons. The maximum atomic E-state index is 9.88. The number of aryl methyl sites for hydroxylation is 2. The highest BCUT2D eigenvalue weighted by molar-refractivity contribution is 5.11. The Labute approximate surface area is 80.8 Å². The van der Waals surface area contributed by atoms with Crippen molar-refractivity contribution in [1.82, 2.24) is 24.5 Å². The molecule has 2 rings (SSSR count). The molecule has 2 aromatic heterocycles. The van der Waals surface area contributed by atoms with Crippen LogP contribution >= 0.6 is 0 Å². The highest BCUT2D eigenvalue weighted by Gasteiger charge is 2.17. The van der Waals surface area contributed by atoms with Crippen molar-refractivity contribution < 1.29 is 5.11 Å². The van der Waals surface area contributed by atoms with Gasteiger partial charge in [-0.25, -0.2) is 0 Å². The lowest BCUT2D eigenvalue weighted by Crippen LogP contribution is -2.08. The topological polar surface area (TPSA) is 68.8 Å². The second kappa shape index (κ2) is 3.22. The summed E-state index contributed by atoms with van der Waals surface area (Å²) < 4.78 is 3.30. The molecular formula is C8H11N5O. The SMILES string of the molecule is Cn1ccc(C(O)c2nncn2C)n1. The average molecular weight is 193 g/mol. The highest BCUT2D eigenvalue weighted by Crippen LogP contribution is 2.16. The molecule has 6 nitrogen and oxygen atoms in total. The quantitative estimate of drug-likeness (QED) is 0.706. The third-order valence-electron chi connectivity index (χ3n) is 2.01. The third kappa shape index (κ3) is 1.39. The van der Waals surface area contributed by atoms with Gasteiger partial charge in [-0.15, -0.1) is 10.2 Å². The van der Waals surface area contributed by atoms with Gasteiger partial charge in [0.25, 0.3) is 0 Å². The van der Waals surface area contributed by atoms with E-state index in [1.54, 1.807) is 41.9 Å². The van der Waals surface area contributed by atoms with Crippen molar-refractivity contribution in [2.45, 2.75) is 6.10 Å². The first-order valence-electron chi connectivity index (χ1n) is 4.20. The monoisotopic (exact) mass is 193 g/mol. The molecule has 0 saturated carbocycles. The maximum absolute atomic E-state index is 9.88. The summed E-state index contributed by atoms with van der Waals surface area (Å²) >= 11 is 0. The molecule has 2 heterocycles. The fraction of sp³-hybridized carbons (Fsp3) is 0.375. The van der Waals surface area contributed by atoms with Crippen LogP contribution in [0.1, 0.15) is 17.6 Å². The smallest absolute Gasteiger partial charge is 0.167 e. The molecule has 0 aromatic carbocycles. The molecule has 0 aliphatic carbocycles. The van der Waals surface area contributed by atoms with E-state index >= 15 is 0 Å². The van der Waals surface area contributed by atoms with Crippen LogP contribution in [0.25, 0.3) is 0 Å². The average Bonchev–Trinajstić information content (AvgIpc) is 2.73. The van der Waals surface area contributed by atoms with Gasteiger partial charge in [-0.2, -0.15) is 5.10 Å². The molecule has 1 atom stereocenters. The Hall–Kier alpha value is -1.69. The van der Waals surface area contributed by atoms with Crippen LogP contribution in [0.15, 0.2) is 18.6 Å². The van der Waals surface area contributed by atoms with Gasteiger partial charge in [-0.05, 0) is 6.07 Å². The Morgan fingerprint density at radius 2 is 2.21 bits per heavy atom. The molecule has 0 spiro atoms. The minimum atomic E-state index is -0.816. The van der Waals surface area contributed by atoms with Gasteiger partial charge >= 0.3 is 0 Å². The summed E-state index contributed by atoms with van der Waals surface area (Å²) in [5, 5.41) is 21.5. The minimum Gasteiger partial charge on any atom is -0.379 e. The van der Waals surface area contributed by atoms with Gasteiger partial charge in [0, 0.05) is 20.3 Å². The van der Waals surface area contributed by atoms with Crippen LogP contribution in [0.3, 0.4) is 0 Å². The van der Waals surface area contributed by atoms with Crippen LogP contribution in [-0.2, 0) is 14.1 Å². The molecule has 0 bridgehead atoms. The Balaban J connectivity index is 2.33. The van der Waals surface area contributed by atoms with E-state index in [0.717, 1.165) is 0 Å². The molecule has 0 fully saturated rings. The fourth-order valence-electron chi connectivity index (χ4n) is 1.25. The predicted octanol–water partition coefficient (Wildman–Crippen LogP) is -0.370. The second-order valence-electron chi connectivity index (χ2n) is 3.12. The lowest BCUT2D eigenvalue weighted by atomic mass is 10.2. The van der Waals surface area contributed by atoms with Gasteiger partial charge in [0.1, 0.15) is 6.33 Å². The van der Waals surface area contributed by atoms with E-state index in [1.807, 2.05) is 0 Å². The Morgan fingerprint density at radius 3 is 2.71 bits per heavy atom. The number of aromatic nitrogens is 5. The van der Waals surface area contributed by atoms with E-state index < -0.39 is 6.10 Å². The summed E-state index contributed by atoms with van der Waals surface area (Å²) in [5.74, 6) is 0.490. The van der Waals surface area contributed by atoms with Crippen molar-refractivity contribution in [1.29, 1.82) is 0 Å². The third-order valence-corrected chi connectivity index (χ3v) is 2.01. The fourth-order valence-corrected chi connectivity index (χ4v) is 1.25. The lowest BCUT2D eigenvalue weighted by molar-refractivity contribution is 0.200. The highest BCUT2D eigenvalue weighted by atomic mass is 16.3. The number of aliphatic hydroxyl groups excluding tert-OH is 1. The molecule has 1 unspecified atom stereocenters. The molecule has 1 N–H and O–H groups in total. The van der Waals surface area contributed by atoms with Crippen molar-refractivity contribution in [2.75, 3.05) is 0 Å². The van der Waals surface area contributed by atoms with Crippen molar-refractivity contribution in [3.05, 3.63) is 30.1 Å². The largest absolute Gasteiger partial charge is 0.379 e. The molecule has 0 amide bonds. The van der Waals surface area contributed by atoms with Crippen LogP contribution in [0.2, 0.25) is 0 Å². The standard InChI is InChI=1S/C8H11N5O/c1-12-5-9-10-8(12)7(14)6-3-4-13(2)11-6/h3-5,7,14H,1-2H3. The van der Waals surface area contributed by atoms with E-state index in [2.05, 4.69) is 15.3 Å². The second-order valence-corrected chi connectivity index (χ2v) is 3.12. The van der Waals surface area contributed by atoms with Crippen LogP contribution in [0, 0.1) is 0 Å². The molecule has 6 heteroatoms. The Kier molecular flexibility index (Phi) is 2.05. The number of hydrogen-bond donors (Lipinski definition) is 1. The first-order chi connectivity index (χ1) is 6.68. The van der Waals surface area contributed by atoms with Crippen LogP contribution in [0.4, 0.5) is 0 Å². The molecule has 0 aliphatic rings. The number of rotatable bonds is 2. The summed E-state index contributed by atoms with van der Waals surface area (Å²) in [5.41, 5.74) is 0.573. The Morgan fingerprint density at radius 1 is 1.43 bits per heavy atom. The van der Waals surface area contributed by atoms with Crippen molar-refractivity contribution in [2.24, 2.45) is 14.1 Å². The predicted molar refractivity (Wildman–Crippen MR) is 48.3 cm³/mol.